The van der Waals surface area contributed by atoms with Gasteiger partial charge in [-0.2, -0.15) is 9.29 Å². The highest BCUT2D eigenvalue weighted by Gasteiger charge is 2.25. The van der Waals surface area contributed by atoms with Gasteiger partial charge in [0.2, 0.25) is 21.7 Å². The minimum atomic E-state index is -3.81. The molecule has 11 heteroatoms. The van der Waals surface area contributed by atoms with Gasteiger partial charge in [-0.05, 0) is 36.8 Å². The van der Waals surface area contributed by atoms with E-state index in [2.05, 4.69) is 15.1 Å². The second-order valence-electron chi connectivity index (χ2n) is 6.73. The molecule has 0 spiro atoms. The van der Waals surface area contributed by atoms with Gasteiger partial charge in [0, 0.05) is 37.5 Å². The van der Waals surface area contributed by atoms with Gasteiger partial charge in [0.1, 0.15) is 4.90 Å². The van der Waals surface area contributed by atoms with Crippen LogP contribution in [0.5, 0.6) is 0 Å². The second-order valence-corrected chi connectivity index (χ2v) is 9.04. The van der Waals surface area contributed by atoms with Crippen molar-refractivity contribution < 1.29 is 22.5 Å². The number of esters is 1. The Labute approximate surface area is 191 Å². The average Bonchev–Trinajstić information content (AvgIpc) is 3.27. The number of pyridine rings is 1. The molecule has 0 aliphatic carbocycles. The summed E-state index contributed by atoms with van der Waals surface area (Å²) in [5.74, 6) is 0.214. The highest BCUT2D eigenvalue weighted by atomic mass is 35.5. The van der Waals surface area contributed by atoms with E-state index in [1.54, 1.807) is 32.3 Å². The Morgan fingerprint density at radius 1 is 1.22 bits per heavy atom. The number of halogens is 1. The molecule has 0 fully saturated rings. The fourth-order valence-corrected chi connectivity index (χ4v) is 4.93. The molecule has 0 radical (unpaired) electrons. The first kappa shape index (κ1) is 23.8. The van der Waals surface area contributed by atoms with Gasteiger partial charge in [-0.3, -0.25) is 4.98 Å². The van der Waals surface area contributed by atoms with E-state index in [9.17, 15) is 13.2 Å². The molecular weight excluding hydrogens is 456 g/mol. The Hall–Kier alpha value is -2.82. The zero-order chi connectivity index (χ0) is 23.1. The van der Waals surface area contributed by atoms with Gasteiger partial charge in [-0.15, -0.1) is 0 Å². The van der Waals surface area contributed by atoms with Gasteiger partial charge in [-0.25, -0.2) is 13.2 Å². The van der Waals surface area contributed by atoms with E-state index in [0.717, 1.165) is 5.56 Å². The van der Waals surface area contributed by atoms with Crippen molar-refractivity contribution in [3.63, 3.8) is 0 Å². The van der Waals surface area contributed by atoms with Crippen molar-refractivity contribution in [2.75, 3.05) is 19.7 Å². The number of hydrogen-bond donors (Lipinski definition) is 0. The van der Waals surface area contributed by atoms with Crippen LogP contribution >= 0.6 is 11.6 Å². The number of aromatic nitrogens is 3. The standard InChI is InChI=1S/C21H23ClN4O5S/c1-3-26(4-2)32(28,29)18-13-15(9-10-17(18)22)21(27)30-12-6-8-19-24-20(25-31-19)16-7-5-11-23-14-16/h5,7,9-11,13-14H,3-4,6,8,12H2,1-2H3. The topological polar surface area (TPSA) is 115 Å². The highest BCUT2D eigenvalue weighted by Crippen LogP contribution is 2.26. The third-order valence-electron chi connectivity index (χ3n) is 4.65. The Balaban J connectivity index is 1.58. The van der Waals surface area contributed by atoms with Crippen LogP contribution in [-0.4, -0.2) is 53.5 Å². The van der Waals surface area contributed by atoms with Crippen LogP contribution in [0.15, 0.2) is 52.1 Å². The van der Waals surface area contributed by atoms with Crippen LogP contribution < -0.4 is 0 Å². The van der Waals surface area contributed by atoms with Crippen LogP contribution in [0.3, 0.4) is 0 Å². The van der Waals surface area contributed by atoms with E-state index in [1.165, 1.54) is 22.5 Å². The number of aryl methyl sites for hydroxylation is 1. The summed E-state index contributed by atoms with van der Waals surface area (Å²) in [6.07, 6.45) is 4.17. The van der Waals surface area contributed by atoms with E-state index in [1.807, 2.05) is 6.07 Å². The molecule has 0 aliphatic rings. The van der Waals surface area contributed by atoms with Crippen LogP contribution in [-0.2, 0) is 21.2 Å². The monoisotopic (exact) mass is 478 g/mol. The average molecular weight is 479 g/mol. The molecule has 3 aromatic rings. The summed E-state index contributed by atoms with van der Waals surface area (Å²) in [7, 11) is -3.81. The molecule has 170 valence electrons. The Morgan fingerprint density at radius 3 is 2.69 bits per heavy atom. The van der Waals surface area contributed by atoms with Crippen LogP contribution in [0.4, 0.5) is 0 Å². The summed E-state index contributed by atoms with van der Waals surface area (Å²) in [5, 5.41) is 3.96. The molecule has 0 bridgehead atoms. The minimum Gasteiger partial charge on any atom is -0.462 e. The van der Waals surface area contributed by atoms with E-state index in [4.69, 9.17) is 20.9 Å². The summed E-state index contributed by atoms with van der Waals surface area (Å²) in [6.45, 7) is 4.15. The number of rotatable bonds is 10. The minimum absolute atomic E-state index is 0.0502. The number of sulfonamides is 1. The fraction of sp³-hybridized carbons (Fsp3) is 0.333. The molecule has 9 nitrogen and oxygen atoms in total. The molecule has 0 aliphatic heterocycles. The molecule has 0 unspecified atom stereocenters. The second kappa shape index (κ2) is 10.7. The Bertz CT molecular complexity index is 1160. The highest BCUT2D eigenvalue weighted by molar-refractivity contribution is 7.89. The predicted octanol–water partition coefficient (Wildman–Crippen LogP) is 3.61. The summed E-state index contributed by atoms with van der Waals surface area (Å²) < 4.78 is 37.3. The van der Waals surface area contributed by atoms with Crippen molar-refractivity contribution in [2.45, 2.75) is 31.6 Å². The van der Waals surface area contributed by atoms with E-state index < -0.39 is 16.0 Å². The number of ether oxygens (including phenoxy) is 1. The molecule has 32 heavy (non-hydrogen) atoms. The van der Waals surface area contributed by atoms with Crippen LogP contribution in [0, 0.1) is 0 Å². The smallest absolute Gasteiger partial charge is 0.338 e. The van der Waals surface area contributed by atoms with Crippen LogP contribution in [0.1, 0.15) is 36.5 Å². The summed E-state index contributed by atoms with van der Waals surface area (Å²) >= 11 is 6.10. The lowest BCUT2D eigenvalue weighted by atomic mass is 10.2. The van der Waals surface area contributed by atoms with E-state index in [0.29, 0.717) is 37.6 Å². The Kier molecular flexibility index (Phi) is 7.94. The largest absolute Gasteiger partial charge is 0.462 e. The molecule has 3 rings (SSSR count). The van der Waals surface area contributed by atoms with E-state index in [-0.39, 0.29) is 22.1 Å². The number of nitrogens with zero attached hydrogens (tertiary/aromatic N) is 4. The quantitative estimate of drug-likeness (QED) is 0.320. The third-order valence-corrected chi connectivity index (χ3v) is 7.18. The molecule has 2 heterocycles. The molecule has 1 aromatic carbocycles. The summed E-state index contributed by atoms with van der Waals surface area (Å²) in [5.41, 5.74) is 0.851. The lowest BCUT2D eigenvalue weighted by Crippen LogP contribution is -2.31. The normalized spacial score (nSPS) is 11.6. The maximum absolute atomic E-state index is 12.8. The zero-order valence-electron chi connectivity index (χ0n) is 17.7. The molecule has 0 N–H and O–H groups in total. The van der Waals surface area contributed by atoms with Crippen LogP contribution in [0.25, 0.3) is 11.4 Å². The lowest BCUT2D eigenvalue weighted by molar-refractivity contribution is 0.0498. The Morgan fingerprint density at radius 2 is 2.00 bits per heavy atom. The fourth-order valence-electron chi connectivity index (χ4n) is 2.97. The molecule has 0 atom stereocenters. The van der Waals surface area contributed by atoms with Crippen molar-refractivity contribution in [3.05, 3.63) is 59.2 Å². The van der Waals surface area contributed by atoms with Gasteiger partial charge >= 0.3 is 5.97 Å². The van der Waals surface area contributed by atoms with Gasteiger partial charge in [0.25, 0.3) is 0 Å². The van der Waals surface area contributed by atoms with Crippen molar-refractivity contribution >= 4 is 27.6 Å². The number of carbonyl (C=O) groups is 1. The predicted molar refractivity (Wildman–Crippen MR) is 118 cm³/mol. The molecule has 0 saturated heterocycles. The van der Waals surface area contributed by atoms with E-state index >= 15 is 0 Å². The van der Waals surface area contributed by atoms with Gasteiger partial charge in [-0.1, -0.05) is 30.6 Å². The zero-order valence-corrected chi connectivity index (χ0v) is 19.3. The summed E-state index contributed by atoms with van der Waals surface area (Å²) in [6, 6.07) is 7.66. The van der Waals surface area contributed by atoms with Crippen molar-refractivity contribution in [1.82, 2.24) is 19.4 Å². The van der Waals surface area contributed by atoms with Gasteiger partial charge in [0.15, 0.2) is 0 Å². The lowest BCUT2D eigenvalue weighted by Gasteiger charge is -2.19. The van der Waals surface area contributed by atoms with Crippen molar-refractivity contribution in [1.29, 1.82) is 0 Å². The third kappa shape index (κ3) is 5.50. The molecule has 0 amide bonds. The molecular formula is C21H23ClN4O5S. The van der Waals surface area contributed by atoms with Gasteiger partial charge < -0.3 is 9.26 Å². The molecule has 0 saturated carbocycles. The maximum atomic E-state index is 12.8. The SMILES string of the molecule is CCN(CC)S(=O)(=O)c1cc(C(=O)OCCCc2nc(-c3cccnc3)no2)ccc1Cl. The number of benzene rings is 1. The van der Waals surface area contributed by atoms with Crippen molar-refractivity contribution in [2.24, 2.45) is 0 Å². The number of hydrogen-bond acceptors (Lipinski definition) is 8. The maximum Gasteiger partial charge on any atom is 0.338 e. The summed E-state index contributed by atoms with van der Waals surface area (Å²) in [4.78, 5) is 20.6. The number of carbonyl (C=O) groups excluding carboxylic acids is 1. The van der Waals surface area contributed by atoms with Crippen molar-refractivity contribution in [3.8, 4) is 11.4 Å². The molecule has 2 aromatic heterocycles. The van der Waals surface area contributed by atoms with Crippen LogP contribution in [0.2, 0.25) is 5.02 Å². The first-order valence-electron chi connectivity index (χ1n) is 10.1. The first-order valence-corrected chi connectivity index (χ1v) is 11.9. The van der Waals surface area contributed by atoms with Gasteiger partial charge in [0.05, 0.1) is 17.2 Å². The first-order chi connectivity index (χ1) is 15.4.